The Morgan fingerprint density at radius 1 is 1.35 bits per heavy atom. The summed E-state index contributed by atoms with van der Waals surface area (Å²) >= 11 is 0. The average Bonchev–Trinajstić information content (AvgIpc) is 3.24. The Morgan fingerprint density at radius 2 is 1.96 bits per heavy atom. The molecule has 1 unspecified atom stereocenters. The number of carbonyl (C=O) groups is 1. The third kappa shape index (κ3) is 5.64. The van der Waals surface area contributed by atoms with Gasteiger partial charge in [-0.25, -0.2) is 23.1 Å². The lowest BCUT2D eigenvalue weighted by Gasteiger charge is -2.23. The molecule has 10 heteroatoms. The number of para-hydroxylation sites is 1. The van der Waals surface area contributed by atoms with E-state index in [9.17, 15) is 18.4 Å². The summed E-state index contributed by atoms with van der Waals surface area (Å²) in [5.41, 5.74) is -1.37. The van der Waals surface area contributed by atoms with Gasteiger partial charge in [-0.3, -0.25) is 0 Å². The summed E-state index contributed by atoms with van der Waals surface area (Å²) in [7, 11) is -3.96. The van der Waals surface area contributed by atoms with E-state index in [4.69, 9.17) is 9.94 Å². The van der Waals surface area contributed by atoms with Crippen molar-refractivity contribution in [2.24, 2.45) is 0 Å². The van der Waals surface area contributed by atoms with E-state index in [2.05, 4.69) is 10.0 Å². The van der Waals surface area contributed by atoms with Gasteiger partial charge in [0, 0.05) is 18.2 Å². The van der Waals surface area contributed by atoms with Crippen LogP contribution in [0.5, 0.6) is 0 Å². The van der Waals surface area contributed by atoms with Crippen molar-refractivity contribution in [3.8, 4) is 0 Å². The van der Waals surface area contributed by atoms with E-state index >= 15 is 0 Å². The molecule has 0 aromatic heterocycles. The zero-order valence-electron chi connectivity index (χ0n) is 15.0. The fourth-order valence-corrected chi connectivity index (χ4v) is 3.72. The molecule has 1 atom stereocenters. The maximum atomic E-state index is 12.4. The predicted molar refractivity (Wildman–Crippen MR) is 93.4 cm³/mol. The van der Waals surface area contributed by atoms with Gasteiger partial charge in [-0.05, 0) is 46.1 Å². The summed E-state index contributed by atoms with van der Waals surface area (Å²) < 4.78 is 32.4. The van der Waals surface area contributed by atoms with Crippen LogP contribution in [0.2, 0.25) is 0 Å². The van der Waals surface area contributed by atoms with Gasteiger partial charge >= 0.3 is 6.09 Å². The van der Waals surface area contributed by atoms with E-state index in [1.165, 1.54) is 24.3 Å². The number of hydrogen-bond donors (Lipinski definition) is 4. The van der Waals surface area contributed by atoms with Crippen molar-refractivity contribution < 1.29 is 28.4 Å². The minimum Gasteiger partial charge on any atom is -0.595 e. The maximum absolute atomic E-state index is 12.4. The largest absolute Gasteiger partial charge is 0.595 e. The van der Waals surface area contributed by atoms with E-state index in [1.807, 2.05) is 0 Å². The first kappa shape index (κ1) is 20.6. The smallest absolute Gasteiger partial charge is 0.408 e. The lowest BCUT2D eigenvalue weighted by Crippen LogP contribution is -2.99. The van der Waals surface area contributed by atoms with E-state index in [1.54, 1.807) is 20.8 Å². The summed E-state index contributed by atoms with van der Waals surface area (Å²) in [6.45, 7) is 5.37. The summed E-state index contributed by atoms with van der Waals surface area (Å²) in [6, 6.07) is 5.42. The van der Waals surface area contributed by atoms with E-state index in [-0.39, 0.29) is 17.1 Å². The van der Waals surface area contributed by atoms with E-state index < -0.39 is 32.5 Å². The first-order valence-corrected chi connectivity index (χ1v) is 9.76. The van der Waals surface area contributed by atoms with Crippen molar-refractivity contribution in [3.05, 3.63) is 29.5 Å². The molecule has 1 aromatic carbocycles. The van der Waals surface area contributed by atoms with E-state index in [0.717, 1.165) is 12.8 Å². The minimum absolute atomic E-state index is 0.0755. The molecule has 1 amide bonds. The predicted octanol–water partition coefficient (Wildman–Crippen LogP) is 0.816. The molecule has 1 fully saturated rings. The Labute approximate surface area is 152 Å². The lowest BCUT2D eigenvalue weighted by molar-refractivity contribution is -0.992. The van der Waals surface area contributed by atoms with Gasteiger partial charge < -0.3 is 15.3 Å². The molecule has 0 bridgehead atoms. The molecule has 146 valence electrons. The minimum atomic E-state index is -3.96. The molecule has 2 rings (SSSR count). The molecule has 4 N–H and O–H groups in total. The summed E-state index contributed by atoms with van der Waals surface area (Å²) in [5, 5.41) is 21.8. The second kappa shape index (κ2) is 7.49. The molecule has 1 aliphatic rings. The highest BCUT2D eigenvalue weighted by Gasteiger charge is 2.44. The normalized spacial score (nSPS) is 17.4. The van der Waals surface area contributed by atoms with Crippen LogP contribution in [0.1, 0.15) is 40.0 Å². The van der Waals surface area contributed by atoms with E-state index in [0.29, 0.717) is 6.42 Å². The first-order chi connectivity index (χ1) is 11.9. The molecule has 0 saturated heterocycles. The molecule has 0 radical (unpaired) electrons. The standard InChI is InChI=1S/C16H25N3O6S/c1-15(2,3)25-14(20)18-16(8-9-16)10-11-17-26(23,24)13-7-5-4-6-12(13)19(21)22/h4-7,17,19,21H,8-11H2,1-3H3,(H,18,20). The number of ether oxygens (including phenoxy) is 1. The zero-order valence-corrected chi connectivity index (χ0v) is 15.9. The van der Waals surface area contributed by atoms with Crippen molar-refractivity contribution in [3.63, 3.8) is 0 Å². The van der Waals surface area contributed by atoms with Crippen LogP contribution in [0.3, 0.4) is 0 Å². The van der Waals surface area contributed by atoms with Gasteiger partial charge in [0.1, 0.15) is 10.5 Å². The number of amides is 1. The SMILES string of the molecule is CC(C)(C)OC(=O)NC1(CCNS(=O)(=O)c2ccccc2[NH+]([O-])O)CC1. The fraction of sp³-hybridized carbons (Fsp3) is 0.562. The zero-order chi connectivity index (χ0) is 19.6. The molecule has 0 spiro atoms. The van der Waals surface area contributed by atoms with Gasteiger partial charge in [0.05, 0.1) is 0 Å². The second-order valence-electron chi connectivity index (χ2n) is 7.36. The Kier molecular flexibility index (Phi) is 5.93. The highest BCUT2D eigenvalue weighted by Crippen LogP contribution is 2.38. The number of sulfonamides is 1. The molecular weight excluding hydrogens is 362 g/mol. The van der Waals surface area contributed by atoms with Gasteiger partial charge in [-0.15, -0.1) is 0 Å². The number of alkyl carbamates (subject to hydrolysis) is 1. The molecule has 1 aromatic rings. The van der Waals surface area contributed by atoms with Crippen LogP contribution in [0.15, 0.2) is 29.2 Å². The third-order valence-electron chi connectivity index (χ3n) is 3.92. The molecular formula is C16H25N3O6S. The third-order valence-corrected chi connectivity index (χ3v) is 5.44. The molecule has 26 heavy (non-hydrogen) atoms. The van der Waals surface area contributed by atoms with Gasteiger partial charge in [0.25, 0.3) is 0 Å². The number of quaternary nitrogens is 1. The highest BCUT2D eigenvalue weighted by molar-refractivity contribution is 7.89. The second-order valence-corrected chi connectivity index (χ2v) is 9.09. The van der Waals surface area contributed by atoms with Crippen molar-refractivity contribution >= 4 is 21.8 Å². The number of rotatable bonds is 7. The van der Waals surface area contributed by atoms with Gasteiger partial charge in [-0.2, -0.15) is 5.23 Å². The highest BCUT2D eigenvalue weighted by atomic mass is 32.2. The molecule has 9 nitrogen and oxygen atoms in total. The van der Waals surface area contributed by atoms with Gasteiger partial charge in [0.15, 0.2) is 5.69 Å². The monoisotopic (exact) mass is 387 g/mol. The summed E-state index contributed by atoms with van der Waals surface area (Å²) in [4.78, 5) is 11.6. The molecule has 1 aliphatic carbocycles. The van der Waals surface area contributed by atoms with Crippen LogP contribution in [-0.2, 0) is 14.8 Å². The summed E-state index contributed by atoms with van der Waals surface area (Å²) in [5.74, 6) is 0. The number of benzene rings is 1. The molecule has 1 saturated carbocycles. The van der Waals surface area contributed by atoms with Crippen LogP contribution in [0.4, 0.5) is 10.5 Å². The maximum Gasteiger partial charge on any atom is 0.408 e. The lowest BCUT2D eigenvalue weighted by atomic mass is 10.2. The Bertz CT molecular complexity index is 753. The molecule has 0 aliphatic heterocycles. The van der Waals surface area contributed by atoms with Crippen molar-refractivity contribution in [1.29, 1.82) is 0 Å². The number of nitrogens with one attached hydrogen (secondary N) is 3. The van der Waals surface area contributed by atoms with Gasteiger partial charge in [0.2, 0.25) is 10.0 Å². The van der Waals surface area contributed by atoms with Gasteiger partial charge in [-0.1, -0.05) is 12.1 Å². The van der Waals surface area contributed by atoms with Crippen LogP contribution in [-0.4, -0.2) is 37.4 Å². The number of hydrogen-bond acceptors (Lipinski definition) is 6. The van der Waals surface area contributed by atoms with Crippen LogP contribution in [0.25, 0.3) is 0 Å². The first-order valence-electron chi connectivity index (χ1n) is 8.27. The van der Waals surface area contributed by atoms with Crippen LogP contribution in [0, 0.1) is 5.21 Å². The van der Waals surface area contributed by atoms with Crippen molar-refractivity contribution in [2.75, 3.05) is 6.54 Å². The Morgan fingerprint density at radius 3 is 2.50 bits per heavy atom. The summed E-state index contributed by atoms with van der Waals surface area (Å²) in [6.07, 6.45) is 1.33. The average molecular weight is 387 g/mol. The van der Waals surface area contributed by atoms with Crippen LogP contribution >= 0.6 is 0 Å². The van der Waals surface area contributed by atoms with Crippen LogP contribution < -0.4 is 15.3 Å². The fourth-order valence-electron chi connectivity index (χ4n) is 2.49. The van der Waals surface area contributed by atoms with Crippen molar-refractivity contribution in [1.82, 2.24) is 10.0 Å². The number of carbonyl (C=O) groups excluding carboxylic acids is 1. The molecule has 0 heterocycles. The Hall–Kier alpha value is -1.72. The van der Waals surface area contributed by atoms with Crippen molar-refractivity contribution in [2.45, 2.75) is 56.1 Å². The quantitative estimate of drug-likeness (QED) is 0.512. The topological polar surface area (TPSA) is 132 Å². The Balaban J connectivity index is 1.94.